The number of fused-ring (bicyclic) bond motifs is 1. The molecule has 1 aliphatic rings. The van der Waals surface area contributed by atoms with E-state index >= 15 is 0 Å². The number of nitrogens with zero attached hydrogens (tertiary/aromatic N) is 5. The van der Waals surface area contributed by atoms with E-state index < -0.39 is 0 Å². The number of nitrogens with two attached hydrogens (primary N) is 1. The fourth-order valence-corrected chi connectivity index (χ4v) is 3.65. The number of aromatic nitrogens is 3. The molecule has 0 radical (unpaired) electrons. The van der Waals surface area contributed by atoms with Gasteiger partial charge in [-0.15, -0.1) is 0 Å². The van der Waals surface area contributed by atoms with Crippen molar-refractivity contribution in [2.75, 3.05) is 43.8 Å². The summed E-state index contributed by atoms with van der Waals surface area (Å²) in [6.07, 6.45) is 0.267. The number of piperazine rings is 1. The summed E-state index contributed by atoms with van der Waals surface area (Å²) in [6, 6.07) is 9.63. The average molecular weight is 437 g/mol. The predicted molar refractivity (Wildman–Crippen MR) is 119 cm³/mol. The summed E-state index contributed by atoms with van der Waals surface area (Å²) in [5.41, 5.74) is 8.33. The minimum absolute atomic E-state index is 0.00648. The molecular formula is C22H24FN7O2. The third-order valence-electron chi connectivity index (χ3n) is 5.41. The second-order valence-electron chi connectivity index (χ2n) is 7.57. The van der Waals surface area contributed by atoms with Crippen LogP contribution in [0, 0.1) is 5.82 Å². The van der Waals surface area contributed by atoms with Gasteiger partial charge in [-0.3, -0.25) is 9.59 Å². The number of hydrogen-bond donors (Lipinski definition) is 2. The number of pyridine rings is 1. The number of benzene rings is 1. The molecule has 1 aromatic carbocycles. The molecule has 4 rings (SSSR count). The summed E-state index contributed by atoms with van der Waals surface area (Å²) in [5.74, 6) is 0.251. The minimum atomic E-state index is -0.319. The van der Waals surface area contributed by atoms with Crippen LogP contribution < -0.4 is 11.1 Å². The lowest BCUT2D eigenvalue weighted by molar-refractivity contribution is -0.138. The molecule has 3 heterocycles. The average Bonchev–Trinajstić information content (AvgIpc) is 2.79. The summed E-state index contributed by atoms with van der Waals surface area (Å²) < 4.78 is 13.2. The van der Waals surface area contributed by atoms with Gasteiger partial charge < -0.3 is 20.9 Å². The highest BCUT2D eigenvalue weighted by molar-refractivity contribution is 5.88. The largest absolute Gasteiger partial charge is 0.368 e. The molecule has 1 fully saturated rings. The number of amides is 2. The molecule has 32 heavy (non-hydrogen) atoms. The van der Waals surface area contributed by atoms with Crippen molar-refractivity contribution in [3.63, 3.8) is 0 Å². The third-order valence-corrected chi connectivity index (χ3v) is 5.41. The van der Waals surface area contributed by atoms with E-state index in [1.165, 1.54) is 19.1 Å². The molecular weight excluding hydrogens is 413 g/mol. The zero-order chi connectivity index (χ0) is 22.7. The Morgan fingerprint density at radius 3 is 2.38 bits per heavy atom. The molecule has 3 aromatic rings. The van der Waals surface area contributed by atoms with Gasteiger partial charge in [-0.25, -0.2) is 14.4 Å². The zero-order valence-corrected chi connectivity index (χ0v) is 17.7. The number of rotatable bonds is 5. The van der Waals surface area contributed by atoms with Crippen LogP contribution in [0.4, 0.5) is 16.2 Å². The first-order valence-electron chi connectivity index (χ1n) is 10.4. The van der Waals surface area contributed by atoms with Gasteiger partial charge in [0.05, 0.1) is 11.2 Å². The Balaban J connectivity index is 1.45. The van der Waals surface area contributed by atoms with E-state index in [0.717, 1.165) is 5.56 Å². The lowest BCUT2D eigenvalue weighted by Gasteiger charge is -2.34. The van der Waals surface area contributed by atoms with Crippen molar-refractivity contribution >= 4 is 34.6 Å². The molecule has 1 aliphatic heterocycles. The molecule has 10 heteroatoms. The monoisotopic (exact) mass is 437 g/mol. The highest BCUT2D eigenvalue weighted by atomic mass is 19.1. The molecule has 0 bridgehead atoms. The Kier molecular flexibility index (Phi) is 6.11. The van der Waals surface area contributed by atoms with Crippen LogP contribution in [-0.4, -0.2) is 69.3 Å². The SMILES string of the molecule is CC(=O)N1CCN(C(=O)CCNc2nc(N)nc3ccc(-c4ccc(F)cc4)nc23)CC1. The molecule has 166 valence electrons. The van der Waals surface area contributed by atoms with Crippen molar-refractivity contribution < 1.29 is 14.0 Å². The van der Waals surface area contributed by atoms with E-state index in [4.69, 9.17) is 5.73 Å². The van der Waals surface area contributed by atoms with Gasteiger partial charge >= 0.3 is 0 Å². The van der Waals surface area contributed by atoms with E-state index in [2.05, 4.69) is 20.3 Å². The highest BCUT2D eigenvalue weighted by Gasteiger charge is 2.22. The topological polar surface area (TPSA) is 117 Å². The highest BCUT2D eigenvalue weighted by Crippen LogP contribution is 2.24. The fourth-order valence-electron chi connectivity index (χ4n) is 3.65. The smallest absolute Gasteiger partial charge is 0.224 e. The van der Waals surface area contributed by atoms with Gasteiger partial charge in [0.2, 0.25) is 17.8 Å². The molecule has 0 spiro atoms. The van der Waals surface area contributed by atoms with Crippen molar-refractivity contribution in [2.45, 2.75) is 13.3 Å². The van der Waals surface area contributed by atoms with Crippen molar-refractivity contribution in [3.8, 4) is 11.3 Å². The first-order valence-corrected chi connectivity index (χ1v) is 10.4. The van der Waals surface area contributed by atoms with Gasteiger partial charge in [0.25, 0.3) is 0 Å². The Bertz CT molecular complexity index is 1140. The Hall–Kier alpha value is -3.82. The summed E-state index contributed by atoms with van der Waals surface area (Å²) in [5, 5.41) is 3.15. The number of halogens is 1. The van der Waals surface area contributed by atoms with Gasteiger partial charge in [-0.1, -0.05) is 0 Å². The van der Waals surface area contributed by atoms with E-state index in [-0.39, 0.29) is 30.0 Å². The van der Waals surface area contributed by atoms with Crippen LogP contribution in [-0.2, 0) is 9.59 Å². The maximum Gasteiger partial charge on any atom is 0.224 e. The van der Waals surface area contributed by atoms with Gasteiger partial charge in [0.1, 0.15) is 11.3 Å². The molecule has 0 atom stereocenters. The van der Waals surface area contributed by atoms with Crippen molar-refractivity contribution in [1.82, 2.24) is 24.8 Å². The molecule has 0 unspecified atom stereocenters. The van der Waals surface area contributed by atoms with Crippen LogP contribution in [0.2, 0.25) is 0 Å². The summed E-state index contributed by atoms with van der Waals surface area (Å²) in [4.78, 5) is 40.6. The van der Waals surface area contributed by atoms with Crippen molar-refractivity contribution in [1.29, 1.82) is 0 Å². The third kappa shape index (κ3) is 4.74. The Labute approximate surface area is 184 Å². The fraction of sp³-hybridized carbons (Fsp3) is 0.318. The molecule has 2 aromatic heterocycles. The lowest BCUT2D eigenvalue weighted by Crippen LogP contribution is -2.50. The van der Waals surface area contributed by atoms with E-state index in [0.29, 0.717) is 55.3 Å². The first-order chi connectivity index (χ1) is 15.4. The second-order valence-corrected chi connectivity index (χ2v) is 7.57. The summed E-state index contributed by atoms with van der Waals surface area (Å²) in [6.45, 7) is 4.05. The van der Waals surface area contributed by atoms with Crippen molar-refractivity contribution in [3.05, 3.63) is 42.2 Å². The maximum atomic E-state index is 13.2. The molecule has 0 saturated carbocycles. The summed E-state index contributed by atoms with van der Waals surface area (Å²) >= 11 is 0. The Morgan fingerprint density at radius 1 is 1.00 bits per heavy atom. The van der Waals surface area contributed by atoms with E-state index in [1.807, 2.05) is 0 Å². The standard InChI is InChI=1S/C22H24FN7O2/c1-14(31)29-10-12-30(13-11-29)19(32)8-9-25-21-20-18(27-22(24)28-21)7-6-17(26-20)15-2-4-16(23)5-3-15/h2-7H,8-13H2,1H3,(H3,24,25,27,28). The lowest BCUT2D eigenvalue weighted by atomic mass is 10.1. The second kappa shape index (κ2) is 9.13. The molecule has 1 saturated heterocycles. The maximum absolute atomic E-state index is 13.2. The minimum Gasteiger partial charge on any atom is -0.368 e. The van der Waals surface area contributed by atoms with Crippen LogP contribution in [0.1, 0.15) is 13.3 Å². The number of anilines is 2. The Morgan fingerprint density at radius 2 is 1.69 bits per heavy atom. The number of carbonyl (C=O) groups excluding carboxylic acids is 2. The van der Waals surface area contributed by atoms with Crippen LogP contribution >= 0.6 is 0 Å². The molecule has 0 aliphatic carbocycles. The van der Waals surface area contributed by atoms with Crippen LogP contribution in [0.25, 0.3) is 22.3 Å². The van der Waals surface area contributed by atoms with Gasteiger partial charge in [0, 0.05) is 51.6 Å². The van der Waals surface area contributed by atoms with Crippen LogP contribution in [0.3, 0.4) is 0 Å². The number of hydrogen-bond acceptors (Lipinski definition) is 7. The molecule has 2 amide bonds. The normalized spacial score (nSPS) is 13.9. The van der Waals surface area contributed by atoms with Gasteiger partial charge in [-0.2, -0.15) is 4.98 Å². The predicted octanol–water partition coefficient (Wildman–Crippen LogP) is 1.91. The first kappa shape index (κ1) is 21.4. The number of carbonyl (C=O) groups is 2. The zero-order valence-electron chi connectivity index (χ0n) is 17.7. The number of nitrogen functional groups attached to an aromatic ring is 1. The van der Waals surface area contributed by atoms with Crippen LogP contribution in [0.15, 0.2) is 36.4 Å². The van der Waals surface area contributed by atoms with Gasteiger partial charge in [0.15, 0.2) is 5.82 Å². The van der Waals surface area contributed by atoms with E-state index in [1.54, 1.807) is 34.1 Å². The molecule has 9 nitrogen and oxygen atoms in total. The van der Waals surface area contributed by atoms with Crippen LogP contribution in [0.5, 0.6) is 0 Å². The van der Waals surface area contributed by atoms with Crippen molar-refractivity contribution in [2.24, 2.45) is 0 Å². The van der Waals surface area contributed by atoms with E-state index in [9.17, 15) is 14.0 Å². The quantitative estimate of drug-likeness (QED) is 0.626. The summed E-state index contributed by atoms with van der Waals surface area (Å²) in [7, 11) is 0. The number of nitrogens with one attached hydrogen (secondary N) is 1. The molecule has 3 N–H and O–H groups in total. The van der Waals surface area contributed by atoms with Gasteiger partial charge in [-0.05, 0) is 36.4 Å².